The maximum atomic E-state index is 13.4. The number of anilines is 6. The van der Waals surface area contributed by atoms with Gasteiger partial charge in [-0.2, -0.15) is 0 Å². The zero-order chi connectivity index (χ0) is 71.8. The number of amides is 2. The highest BCUT2D eigenvalue weighted by atomic mass is 35.5. The first kappa shape index (κ1) is 73.0. The second kappa shape index (κ2) is 34.4. The van der Waals surface area contributed by atoms with Gasteiger partial charge in [0.25, 0.3) is 17.1 Å². The Labute approximate surface area is 600 Å². The van der Waals surface area contributed by atoms with Gasteiger partial charge in [0.05, 0.1) is 91.3 Å². The predicted octanol–water partition coefficient (Wildman–Crippen LogP) is 13.3. The van der Waals surface area contributed by atoms with Gasteiger partial charge in [-0.1, -0.05) is 62.0 Å². The zero-order valence-corrected chi connectivity index (χ0v) is 55.8. The van der Waals surface area contributed by atoms with Crippen LogP contribution >= 0.6 is 11.6 Å². The van der Waals surface area contributed by atoms with Gasteiger partial charge in [0.1, 0.15) is 34.9 Å². The van der Waals surface area contributed by atoms with E-state index in [4.69, 9.17) is 41.5 Å². The molecule has 526 valence electrons. The molecule has 2 amide bonds. The first-order chi connectivity index (χ1) is 50.0. The summed E-state index contributed by atoms with van der Waals surface area (Å²) in [6.45, 7) is 8.51. The number of halogens is 4. The molecular formula is C79H68ClF3N12O9. The molecule has 6 heterocycles. The lowest BCUT2D eigenvalue weighted by atomic mass is 10.0. The molecule has 3 fully saturated rings. The minimum Gasteiger partial charge on any atom is -0.399 e. The number of ether oxygens (including phenoxy) is 3. The minimum absolute atomic E-state index is 0. The molecule has 0 saturated carbocycles. The number of carbonyl (C=O) groups is 6. The average Bonchev–Trinajstić information content (AvgIpc) is 0.813. The van der Waals surface area contributed by atoms with Crippen LogP contribution in [0.5, 0.6) is 0 Å². The normalized spacial score (nSPS) is 13.3. The standard InChI is InChI=1S/2C26H21FN4O3.C19H18N4O2.C7H4ClFO.CH4/c2*27-20-5-1-4-19(13-20)26(33)29-21-6-2-3-17(14-21)25(32)18-7-8-22-23(15-18)30-24(16-28-22)31-9-11-34-12-10-31;20-15-3-1-2-13(10-15)19(24)14-4-5-16-17(11-14)22-18(12-21-16)23-6-8-25-9-7-23;8-7(10)5-2-1-3-6(9)4-5;/h2*1-8,13-16H,9-12H2,(H,29,33);1-5,10-12H,6-9,20H2;1-4H;1H4. The Bertz CT molecular complexity index is 4940. The number of nitrogens with one attached hydrogen (secondary N) is 2. The van der Waals surface area contributed by atoms with Crippen molar-refractivity contribution in [3.8, 4) is 0 Å². The van der Waals surface area contributed by atoms with E-state index in [1.54, 1.807) is 140 Å². The van der Waals surface area contributed by atoms with Crippen molar-refractivity contribution in [2.24, 2.45) is 0 Å². The third-order valence-electron chi connectivity index (χ3n) is 16.5. The van der Waals surface area contributed by atoms with Crippen molar-refractivity contribution in [3.63, 3.8) is 0 Å². The van der Waals surface area contributed by atoms with E-state index >= 15 is 0 Å². The van der Waals surface area contributed by atoms with Crippen molar-refractivity contribution in [3.05, 3.63) is 286 Å². The molecule has 9 aromatic carbocycles. The molecule has 15 rings (SSSR count). The molecule has 0 atom stereocenters. The maximum Gasteiger partial charge on any atom is 0.255 e. The van der Waals surface area contributed by atoms with Gasteiger partial charge in [0.2, 0.25) is 0 Å². The molecule has 104 heavy (non-hydrogen) atoms. The number of hydrogen-bond donors (Lipinski definition) is 3. The van der Waals surface area contributed by atoms with Crippen molar-refractivity contribution in [1.29, 1.82) is 0 Å². The number of fused-ring (bicyclic) bond motifs is 3. The highest BCUT2D eigenvalue weighted by Gasteiger charge is 2.21. The summed E-state index contributed by atoms with van der Waals surface area (Å²) in [6, 6.07) is 52.2. The fraction of sp³-hybridized carbons (Fsp3) is 0.165. The second-order valence-electron chi connectivity index (χ2n) is 23.6. The van der Waals surface area contributed by atoms with Crippen LogP contribution in [0.3, 0.4) is 0 Å². The van der Waals surface area contributed by atoms with E-state index in [0.29, 0.717) is 118 Å². The van der Waals surface area contributed by atoms with Crippen LogP contribution in [-0.4, -0.2) is 143 Å². The molecule has 0 bridgehead atoms. The van der Waals surface area contributed by atoms with Gasteiger partial charge in [0, 0.05) is 106 Å². The van der Waals surface area contributed by atoms with Crippen LogP contribution in [0.1, 0.15) is 86.3 Å². The van der Waals surface area contributed by atoms with Crippen molar-refractivity contribution < 1.29 is 56.1 Å². The van der Waals surface area contributed by atoms with Crippen LogP contribution in [0.25, 0.3) is 33.1 Å². The monoisotopic (exact) mass is 1420 g/mol. The van der Waals surface area contributed by atoms with E-state index in [-0.39, 0.29) is 41.5 Å². The van der Waals surface area contributed by atoms with Crippen molar-refractivity contribution in [2.45, 2.75) is 7.43 Å². The molecule has 3 saturated heterocycles. The summed E-state index contributed by atoms with van der Waals surface area (Å²) in [5.41, 5.74) is 14.8. The molecule has 0 spiro atoms. The smallest absolute Gasteiger partial charge is 0.255 e. The topological polar surface area (TPSA) is 267 Å². The molecule has 0 radical (unpaired) electrons. The lowest BCUT2D eigenvalue weighted by molar-refractivity contribution is 0.101. The molecule has 12 aromatic rings. The molecule has 4 N–H and O–H groups in total. The van der Waals surface area contributed by atoms with Gasteiger partial charge in [0.15, 0.2) is 17.3 Å². The number of rotatable bonds is 14. The first-order valence-corrected chi connectivity index (χ1v) is 33.0. The summed E-state index contributed by atoms with van der Waals surface area (Å²) in [5, 5.41) is 4.78. The Kier molecular flexibility index (Phi) is 24.2. The van der Waals surface area contributed by atoms with Gasteiger partial charge in [-0.15, -0.1) is 0 Å². The summed E-state index contributed by atoms with van der Waals surface area (Å²) in [6.07, 6.45) is 5.24. The van der Waals surface area contributed by atoms with Gasteiger partial charge in [-0.05, 0) is 157 Å². The van der Waals surface area contributed by atoms with Gasteiger partial charge in [-0.3, -0.25) is 43.7 Å². The Hall–Kier alpha value is -12.2. The van der Waals surface area contributed by atoms with Crippen LogP contribution in [0.15, 0.2) is 219 Å². The minimum atomic E-state index is -0.639. The maximum absolute atomic E-state index is 13.4. The van der Waals surface area contributed by atoms with Gasteiger partial charge in [-0.25, -0.2) is 28.1 Å². The van der Waals surface area contributed by atoms with Crippen molar-refractivity contribution >= 4 is 114 Å². The second-order valence-corrected chi connectivity index (χ2v) is 23.9. The number of morpholine rings is 3. The molecule has 3 aromatic heterocycles. The summed E-state index contributed by atoms with van der Waals surface area (Å²) >= 11 is 5.07. The molecule has 0 aliphatic carbocycles. The Morgan fingerprint density at radius 2 is 0.654 bits per heavy atom. The number of benzene rings is 9. The van der Waals surface area contributed by atoms with Crippen molar-refractivity contribution in [1.82, 2.24) is 29.9 Å². The van der Waals surface area contributed by atoms with E-state index < -0.39 is 34.5 Å². The molecule has 3 aliphatic rings. The number of nitrogens with zero attached hydrogens (tertiary/aromatic N) is 9. The highest BCUT2D eigenvalue weighted by molar-refractivity contribution is 6.67. The van der Waals surface area contributed by atoms with Crippen LogP contribution in [0, 0.1) is 17.5 Å². The quantitative estimate of drug-likeness (QED) is 0.0519. The molecule has 0 unspecified atom stereocenters. The number of nitrogen functional groups attached to an aromatic ring is 1. The van der Waals surface area contributed by atoms with Crippen molar-refractivity contribution in [2.75, 3.05) is 110 Å². The SMILES string of the molecule is C.Nc1cccc(C(=O)c2ccc3ncc(N4CCOCC4)nc3c2)c1.O=C(Cl)c1cccc(F)c1.O=C(Nc1cccc(C(=O)c2ccc3ncc(N4CCOCC4)nc3c2)c1)c1cccc(F)c1.O=C(Nc1cccc(C(=O)c2ccc3ncc(N4CCOCC4)nc3c2)c1)c1cccc(F)c1. The largest absolute Gasteiger partial charge is 0.399 e. The molecule has 3 aliphatic heterocycles. The van der Waals surface area contributed by atoms with E-state index in [2.05, 4.69) is 45.3 Å². The fourth-order valence-corrected chi connectivity index (χ4v) is 11.3. The molecule has 25 heteroatoms. The number of aromatic nitrogens is 6. The van der Waals surface area contributed by atoms with Gasteiger partial charge >= 0.3 is 0 Å². The summed E-state index contributed by atoms with van der Waals surface area (Å²) in [7, 11) is 0. The van der Waals surface area contributed by atoms with Crippen LogP contribution in [-0.2, 0) is 14.2 Å². The lowest BCUT2D eigenvalue weighted by Gasteiger charge is -2.27. The zero-order valence-electron chi connectivity index (χ0n) is 55.1. The Morgan fingerprint density at radius 1 is 0.356 bits per heavy atom. The summed E-state index contributed by atoms with van der Waals surface area (Å²) in [5.74, 6) is -0.528. The Balaban J connectivity index is 0.000000147. The molecule has 21 nitrogen and oxygen atoms in total. The van der Waals surface area contributed by atoms with Crippen LogP contribution < -0.4 is 31.1 Å². The number of hydrogen-bond acceptors (Lipinski definition) is 19. The van der Waals surface area contributed by atoms with E-state index in [1.807, 2.05) is 6.07 Å². The number of nitrogens with two attached hydrogens (primary N) is 1. The van der Waals surface area contributed by atoms with E-state index in [9.17, 15) is 41.9 Å². The number of ketones is 3. The third-order valence-corrected chi connectivity index (χ3v) is 16.7. The van der Waals surface area contributed by atoms with E-state index in [1.165, 1.54) is 54.6 Å². The first-order valence-electron chi connectivity index (χ1n) is 32.6. The van der Waals surface area contributed by atoms with Crippen LogP contribution in [0.2, 0.25) is 0 Å². The van der Waals surface area contributed by atoms with E-state index in [0.717, 1.165) is 80.4 Å². The fourth-order valence-electron chi connectivity index (χ4n) is 11.2. The molecular weight excluding hydrogens is 1350 g/mol. The average molecular weight is 1420 g/mol. The number of carbonyl (C=O) groups excluding carboxylic acids is 6. The van der Waals surface area contributed by atoms with Gasteiger partial charge < -0.3 is 45.3 Å². The van der Waals surface area contributed by atoms with Crippen LogP contribution in [0.4, 0.5) is 47.7 Å². The summed E-state index contributed by atoms with van der Waals surface area (Å²) < 4.78 is 55.3. The predicted molar refractivity (Wildman–Crippen MR) is 394 cm³/mol. The Morgan fingerprint density at radius 3 is 0.981 bits per heavy atom. The summed E-state index contributed by atoms with van der Waals surface area (Å²) in [4.78, 5) is 108. The highest BCUT2D eigenvalue weighted by Crippen LogP contribution is 2.26. The third kappa shape index (κ3) is 18.8. The lowest BCUT2D eigenvalue weighted by Crippen LogP contribution is -2.36.